The van der Waals surface area contributed by atoms with Gasteiger partial charge < -0.3 is 14.6 Å². The number of methoxy groups -OCH3 is 1. The quantitative estimate of drug-likeness (QED) is 0.408. The van der Waals surface area contributed by atoms with E-state index in [4.69, 9.17) is 4.74 Å². The lowest BCUT2D eigenvalue weighted by atomic mass is 10.1. The molecule has 0 spiro atoms. The number of benzene rings is 1. The van der Waals surface area contributed by atoms with E-state index < -0.39 is 26.7 Å². The Hall–Kier alpha value is -2.73. The summed E-state index contributed by atoms with van der Waals surface area (Å²) in [5, 5.41) is 3.48. The minimum atomic E-state index is -9.81. The van der Waals surface area contributed by atoms with Gasteiger partial charge in [0.15, 0.2) is 0 Å². The maximum Gasteiger partial charge on any atom is 0.310 e. The highest BCUT2D eigenvalue weighted by molar-refractivity contribution is 8.45. The van der Waals surface area contributed by atoms with Crippen LogP contribution in [-0.2, 0) is 10.3 Å². The second-order valence-corrected chi connectivity index (χ2v) is 10.9. The van der Waals surface area contributed by atoms with Gasteiger partial charge in [0.2, 0.25) is 0 Å². The van der Waals surface area contributed by atoms with Crippen LogP contribution in [0.1, 0.15) is 37.2 Å². The summed E-state index contributed by atoms with van der Waals surface area (Å²) in [5.74, 6) is 0.623. The molecule has 1 N–H and O–H groups in total. The molecule has 1 unspecified atom stereocenters. The second kappa shape index (κ2) is 6.89. The van der Waals surface area contributed by atoms with Crippen LogP contribution in [0.2, 0.25) is 0 Å². The highest BCUT2D eigenvalue weighted by Crippen LogP contribution is 3.02. The van der Waals surface area contributed by atoms with E-state index in [1.165, 1.54) is 19.1 Å². The fourth-order valence-corrected chi connectivity index (χ4v) is 4.57. The zero-order valence-corrected chi connectivity index (χ0v) is 18.9. The molecule has 2 aromatic heterocycles. The number of aromatic nitrogens is 3. The monoisotopic (exact) mass is 490 g/mol. The molecule has 1 aromatic carbocycles. The van der Waals surface area contributed by atoms with Crippen LogP contribution < -0.4 is 10.9 Å². The van der Waals surface area contributed by atoms with E-state index in [2.05, 4.69) is 15.3 Å². The highest BCUT2D eigenvalue weighted by Gasteiger charge is 2.65. The number of fused-ring (bicyclic) bond motifs is 1. The Morgan fingerprint density at radius 3 is 2.48 bits per heavy atom. The summed E-state index contributed by atoms with van der Waals surface area (Å²) in [4.78, 5) is 19.4. The first-order valence-corrected chi connectivity index (χ1v) is 12.1. The largest absolute Gasteiger partial charge is 0.382 e. The average molecular weight is 490 g/mol. The number of pyridine rings is 1. The SMILES string of the molecule is COCC1(n2cc3c(NC(C)c4cccc(S(F)(F)(F)(F)F)c4)nc(C)nc3cc2=O)CC1. The maximum atomic E-state index is 13.3. The topological polar surface area (TPSA) is 69.0 Å². The van der Waals surface area contributed by atoms with E-state index in [9.17, 15) is 24.2 Å². The Labute approximate surface area is 186 Å². The van der Waals surface area contributed by atoms with Crippen molar-refractivity contribution < 1.29 is 24.2 Å². The van der Waals surface area contributed by atoms with Gasteiger partial charge in [-0.25, -0.2) is 9.97 Å². The maximum absolute atomic E-state index is 13.3. The lowest BCUT2D eigenvalue weighted by molar-refractivity contribution is 0.142. The first-order chi connectivity index (χ1) is 15.1. The van der Waals surface area contributed by atoms with E-state index in [0.29, 0.717) is 35.5 Å². The number of halogens is 5. The third-order valence-corrected chi connectivity index (χ3v) is 6.90. The van der Waals surface area contributed by atoms with Crippen molar-refractivity contribution in [2.45, 2.75) is 43.2 Å². The van der Waals surface area contributed by atoms with E-state index in [1.807, 2.05) is 0 Å². The molecule has 1 fully saturated rings. The summed E-state index contributed by atoms with van der Waals surface area (Å²) in [6, 6.07) is 3.67. The van der Waals surface area contributed by atoms with Gasteiger partial charge >= 0.3 is 10.2 Å². The van der Waals surface area contributed by atoms with Gasteiger partial charge in [0.05, 0.1) is 29.1 Å². The van der Waals surface area contributed by atoms with Crippen molar-refractivity contribution in [1.29, 1.82) is 0 Å². The van der Waals surface area contributed by atoms with Crippen LogP contribution in [0.25, 0.3) is 10.9 Å². The van der Waals surface area contributed by atoms with Crippen molar-refractivity contribution in [3.63, 3.8) is 0 Å². The first kappa shape index (κ1) is 23.4. The molecule has 180 valence electrons. The van der Waals surface area contributed by atoms with Gasteiger partial charge in [0.1, 0.15) is 16.5 Å². The number of hydrogen-bond donors (Lipinski definition) is 1. The van der Waals surface area contributed by atoms with Crippen LogP contribution in [0.4, 0.5) is 25.2 Å². The number of rotatable bonds is 7. The number of hydrogen-bond acceptors (Lipinski definition) is 5. The second-order valence-electron chi connectivity index (χ2n) is 8.46. The molecule has 6 nitrogen and oxygen atoms in total. The molecule has 0 radical (unpaired) electrons. The van der Waals surface area contributed by atoms with E-state index in [-0.39, 0.29) is 16.9 Å². The van der Waals surface area contributed by atoms with Crippen molar-refractivity contribution in [3.05, 3.63) is 58.3 Å². The van der Waals surface area contributed by atoms with Crippen LogP contribution in [0.15, 0.2) is 46.2 Å². The molecule has 1 saturated carbocycles. The van der Waals surface area contributed by atoms with Gasteiger partial charge in [-0.2, -0.15) is 0 Å². The molecule has 1 atom stereocenters. The van der Waals surface area contributed by atoms with Crippen molar-refractivity contribution >= 4 is 26.9 Å². The molecule has 2 heterocycles. The van der Waals surface area contributed by atoms with Gasteiger partial charge in [-0.1, -0.05) is 31.6 Å². The third-order valence-electron chi connectivity index (χ3n) is 5.75. The average Bonchev–Trinajstić information content (AvgIpc) is 3.46. The minimum Gasteiger partial charge on any atom is -0.382 e. The molecule has 0 amide bonds. The van der Waals surface area contributed by atoms with Gasteiger partial charge in [0, 0.05) is 19.4 Å². The van der Waals surface area contributed by atoms with Crippen molar-refractivity contribution in [3.8, 4) is 0 Å². The molecular weight excluding hydrogens is 467 g/mol. The Morgan fingerprint density at radius 2 is 1.88 bits per heavy atom. The number of nitrogens with zero attached hydrogens (tertiary/aromatic N) is 3. The van der Waals surface area contributed by atoms with Crippen LogP contribution in [-0.4, -0.2) is 28.3 Å². The molecular formula is C21H23F5N4O2S. The molecule has 1 aliphatic carbocycles. The predicted octanol–water partition coefficient (Wildman–Crippen LogP) is 6.07. The molecule has 0 aliphatic heterocycles. The summed E-state index contributed by atoms with van der Waals surface area (Å²) in [6.45, 7) is 3.51. The lowest BCUT2D eigenvalue weighted by Gasteiger charge is -2.40. The van der Waals surface area contributed by atoms with Crippen molar-refractivity contribution in [1.82, 2.24) is 14.5 Å². The molecule has 1 aliphatic rings. The standard InChI is InChI=1S/C21H23F5N4O2S/c1-13(15-5-4-6-16(9-15)33(22,23,24,25)26)27-20-17-11-30(21(7-8-21)12-32-3)19(31)10-18(17)28-14(2)29-20/h4-6,9-11,13H,7-8,12H2,1-3H3,(H,27,28,29). The van der Waals surface area contributed by atoms with Crippen molar-refractivity contribution in [2.24, 2.45) is 0 Å². The van der Waals surface area contributed by atoms with E-state index in [0.717, 1.165) is 18.9 Å². The number of nitrogens with one attached hydrogen (secondary N) is 1. The highest BCUT2D eigenvalue weighted by atomic mass is 32.5. The number of aryl methyl sites for hydroxylation is 1. The molecule has 4 rings (SSSR count). The lowest BCUT2D eigenvalue weighted by Crippen LogP contribution is -2.33. The number of anilines is 1. The Balaban J connectivity index is 1.76. The zero-order valence-electron chi connectivity index (χ0n) is 18.1. The van der Waals surface area contributed by atoms with E-state index in [1.54, 1.807) is 24.8 Å². The van der Waals surface area contributed by atoms with Crippen molar-refractivity contribution in [2.75, 3.05) is 19.0 Å². The molecule has 12 heteroatoms. The summed E-state index contributed by atoms with van der Waals surface area (Å²) >= 11 is 0. The smallest absolute Gasteiger partial charge is 0.310 e. The molecule has 33 heavy (non-hydrogen) atoms. The van der Waals surface area contributed by atoms with Gasteiger partial charge in [-0.3, -0.25) is 4.79 Å². The Kier molecular flexibility index (Phi) is 4.89. The molecule has 0 saturated heterocycles. The molecule has 0 bridgehead atoms. The summed E-state index contributed by atoms with van der Waals surface area (Å²) in [5.41, 5.74) is -0.328. The van der Waals surface area contributed by atoms with Gasteiger partial charge in [-0.15, -0.1) is 0 Å². The summed E-state index contributed by atoms with van der Waals surface area (Å²) < 4.78 is 73.1. The van der Waals surface area contributed by atoms with Crippen LogP contribution in [0, 0.1) is 6.92 Å². The minimum absolute atomic E-state index is 0.0107. The Bertz CT molecular complexity index is 1310. The molecule has 3 aromatic rings. The van der Waals surface area contributed by atoms with Crippen LogP contribution in [0.5, 0.6) is 0 Å². The fourth-order valence-electron chi connectivity index (χ4n) is 3.88. The first-order valence-electron chi connectivity index (χ1n) is 10.1. The zero-order chi connectivity index (χ0) is 24.3. The predicted molar refractivity (Wildman–Crippen MR) is 117 cm³/mol. The fraction of sp³-hybridized carbons (Fsp3) is 0.381. The number of ether oxygens (including phenoxy) is 1. The summed E-state index contributed by atoms with van der Waals surface area (Å²) in [7, 11) is -8.26. The normalized spacial score (nSPS) is 18.4. The van der Waals surface area contributed by atoms with Gasteiger partial charge in [0.25, 0.3) is 5.56 Å². The van der Waals surface area contributed by atoms with Gasteiger partial charge in [-0.05, 0) is 44.4 Å². The van der Waals surface area contributed by atoms with Crippen LogP contribution >= 0.6 is 10.2 Å². The van der Waals surface area contributed by atoms with Crippen LogP contribution in [0.3, 0.4) is 0 Å². The Morgan fingerprint density at radius 1 is 1.18 bits per heavy atom. The third kappa shape index (κ3) is 4.67. The van der Waals surface area contributed by atoms with E-state index >= 15 is 0 Å². The summed E-state index contributed by atoms with van der Waals surface area (Å²) in [6.07, 6.45) is 3.14.